The van der Waals surface area contributed by atoms with E-state index in [0.717, 1.165) is 20.9 Å². The molecule has 10 nitrogen and oxygen atoms in total. The topological polar surface area (TPSA) is 150 Å². The first-order chi connectivity index (χ1) is 18.9. The number of benzene rings is 2. The number of fused-ring (bicyclic) bond motifs is 1. The third-order valence-electron chi connectivity index (χ3n) is 6.50. The van der Waals surface area contributed by atoms with Crippen LogP contribution in [0.2, 0.25) is 0 Å². The van der Waals surface area contributed by atoms with Crippen LogP contribution in [0.5, 0.6) is 0 Å². The van der Waals surface area contributed by atoms with E-state index in [4.69, 9.17) is 4.74 Å². The summed E-state index contributed by atoms with van der Waals surface area (Å²) in [7, 11) is 1.58. The van der Waals surface area contributed by atoms with Crippen LogP contribution in [-0.2, 0) is 4.74 Å². The van der Waals surface area contributed by atoms with Gasteiger partial charge in [0.1, 0.15) is 24.4 Å². The number of hydrogen-bond acceptors (Lipinski definition) is 9. The summed E-state index contributed by atoms with van der Waals surface area (Å²) < 4.78 is 7.27. The van der Waals surface area contributed by atoms with Gasteiger partial charge in [-0.1, -0.05) is 30.0 Å². The Kier molecular flexibility index (Phi) is 8.07. The summed E-state index contributed by atoms with van der Waals surface area (Å²) in [6, 6.07) is 18.4. The maximum atomic E-state index is 12.4. The number of nitrogens with one attached hydrogen (secondary N) is 1. The Morgan fingerprint density at radius 1 is 1.05 bits per heavy atom. The van der Waals surface area contributed by atoms with E-state index in [-0.39, 0.29) is 5.91 Å². The second-order valence-corrected chi connectivity index (χ2v) is 10.1. The SMILES string of the molecule is CNC(=O)c1ccccc1Sc1ccc2c(/C=C/c3ccccn3)nn(C3O[C@H](CO)[C@H](O)[C@H](O)[C@H]3O)c2c1. The number of hydrogen-bond donors (Lipinski definition) is 5. The van der Waals surface area contributed by atoms with E-state index in [9.17, 15) is 25.2 Å². The zero-order valence-electron chi connectivity index (χ0n) is 21.0. The minimum absolute atomic E-state index is 0.201. The lowest BCUT2D eigenvalue weighted by Crippen LogP contribution is -2.56. The molecule has 39 heavy (non-hydrogen) atoms. The standard InChI is InChI=1S/C28H28N4O6S/c1-29-27(37)19-7-2-3-8-23(19)39-17-10-11-18-20(12-9-16-6-4-5-13-30-16)31-32(21(18)14-17)28-26(36)25(35)24(34)22(15-33)38-28/h2-14,22,24-26,28,33-36H,15H2,1H3,(H,29,37)/b12-9+/t22-,24+,25+,26-,28?/m1/s1. The molecule has 0 bridgehead atoms. The van der Waals surface area contributed by atoms with Crippen molar-refractivity contribution in [3.63, 3.8) is 0 Å². The van der Waals surface area contributed by atoms with E-state index in [1.54, 1.807) is 31.5 Å². The van der Waals surface area contributed by atoms with Crippen LogP contribution in [0.1, 0.15) is 28.0 Å². The van der Waals surface area contributed by atoms with Crippen molar-refractivity contribution < 1.29 is 30.0 Å². The van der Waals surface area contributed by atoms with Crippen molar-refractivity contribution in [3.8, 4) is 0 Å². The molecule has 5 atom stereocenters. The molecule has 2 aromatic carbocycles. The Hall–Kier alpha value is -3.58. The summed E-state index contributed by atoms with van der Waals surface area (Å²) in [6.45, 7) is -0.551. The van der Waals surface area contributed by atoms with Gasteiger partial charge in [0.25, 0.3) is 5.91 Å². The quantitative estimate of drug-likeness (QED) is 0.234. The van der Waals surface area contributed by atoms with Crippen molar-refractivity contribution in [2.24, 2.45) is 0 Å². The lowest BCUT2D eigenvalue weighted by atomic mass is 9.98. The van der Waals surface area contributed by atoms with E-state index in [2.05, 4.69) is 15.4 Å². The van der Waals surface area contributed by atoms with Gasteiger partial charge in [-0.15, -0.1) is 0 Å². The van der Waals surface area contributed by atoms with Crippen molar-refractivity contribution >= 4 is 40.7 Å². The fraction of sp³-hybridized carbons (Fsp3) is 0.250. The Balaban J connectivity index is 1.59. The van der Waals surface area contributed by atoms with E-state index < -0.39 is 37.3 Å². The third-order valence-corrected chi connectivity index (χ3v) is 7.57. The number of aliphatic hydroxyl groups is 4. The first-order valence-electron chi connectivity index (χ1n) is 12.3. The maximum Gasteiger partial charge on any atom is 0.252 e. The van der Waals surface area contributed by atoms with Crippen LogP contribution in [0.15, 0.2) is 76.7 Å². The molecule has 1 unspecified atom stereocenters. The second kappa shape index (κ2) is 11.7. The normalized spacial score (nSPS) is 23.4. The van der Waals surface area contributed by atoms with Crippen LogP contribution >= 0.6 is 11.8 Å². The molecule has 3 heterocycles. The fourth-order valence-corrected chi connectivity index (χ4v) is 5.43. The number of aromatic nitrogens is 3. The third kappa shape index (κ3) is 5.46. The first-order valence-corrected chi connectivity index (χ1v) is 13.1. The van der Waals surface area contributed by atoms with Gasteiger partial charge in [-0.25, -0.2) is 4.68 Å². The first kappa shape index (κ1) is 27.0. The van der Waals surface area contributed by atoms with Crippen LogP contribution < -0.4 is 5.32 Å². The number of rotatable bonds is 7. The molecule has 0 saturated carbocycles. The van der Waals surface area contributed by atoms with Crippen LogP contribution in [0.4, 0.5) is 0 Å². The van der Waals surface area contributed by atoms with Crippen molar-refractivity contribution in [3.05, 3.63) is 83.8 Å². The van der Waals surface area contributed by atoms with Gasteiger partial charge in [0.2, 0.25) is 0 Å². The smallest absolute Gasteiger partial charge is 0.252 e. The monoisotopic (exact) mass is 548 g/mol. The van der Waals surface area contributed by atoms with Gasteiger partial charge in [0.15, 0.2) is 6.23 Å². The average Bonchev–Trinajstić information content (AvgIpc) is 3.33. The fourth-order valence-electron chi connectivity index (χ4n) is 4.45. The predicted octanol–water partition coefficient (Wildman–Crippen LogP) is 2.08. The summed E-state index contributed by atoms with van der Waals surface area (Å²) in [6.07, 6.45) is -1.53. The molecule has 4 aromatic rings. The van der Waals surface area contributed by atoms with Gasteiger partial charge in [-0.3, -0.25) is 9.78 Å². The van der Waals surface area contributed by atoms with E-state index in [1.807, 2.05) is 54.6 Å². The van der Waals surface area contributed by atoms with Crippen molar-refractivity contribution in [2.75, 3.05) is 13.7 Å². The Bertz CT molecular complexity index is 1490. The highest BCUT2D eigenvalue weighted by molar-refractivity contribution is 7.99. The van der Waals surface area contributed by atoms with Gasteiger partial charge in [-0.05, 0) is 54.6 Å². The molecule has 5 N–H and O–H groups in total. The van der Waals surface area contributed by atoms with Crippen molar-refractivity contribution in [1.82, 2.24) is 20.1 Å². The minimum atomic E-state index is -1.55. The molecule has 5 rings (SSSR count). The number of amides is 1. The number of pyridine rings is 1. The molecule has 1 fully saturated rings. The molecule has 1 amide bonds. The van der Waals surface area contributed by atoms with E-state index in [0.29, 0.717) is 16.8 Å². The largest absolute Gasteiger partial charge is 0.394 e. The molecule has 1 aliphatic rings. The summed E-state index contributed by atoms with van der Waals surface area (Å²) in [5.41, 5.74) is 2.41. The molecule has 0 radical (unpaired) electrons. The molecule has 11 heteroatoms. The van der Waals surface area contributed by atoms with Gasteiger partial charge in [-0.2, -0.15) is 5.10 Å². The summed E-state index contributed by atoms with van der Waals surface area (Å²) in [5, 5.41) is 49.3. The lowest BCUT2D eigenvalue weighted by Gasteiger charge is -2.40. The highest BCUT2D eigenvalue weighted by Crippen LogP contribution is 2.36. The summed E-state index contributed by atoms with van der Waals surface area (Å²) in [5.74, 6) is -0.201. The zero-order chi connectivity index (χ0) is 27.5. The number of carbonyl (C=O) groups excluding carboxylic acids is 1. The number of nitrogens with zero attached hydrogens (tertiary/aromatic N) is 3. The number of carbonyl (C=O) groups is 1. The lowest BCUT2D eigenvalue weighted by molar-refractivity contribution is -0.252. The van der Waals surface area contributed by atoms with Gasteiger partial charge in [0.05, 0.1) is 29.1 Å². The van der Waals surface area contributed by atoms with Crippen molar-refractivity contribution in [1.29, 1.82) is 0 Å². The van der Waals surface area contributed by atoms with Gasteiger partial charge in [0, 0.05) is 28.4 Å². The Morgan fingerprint density at radius 2 is 1.85 bits per heavy atom. The van der Waals surface area contributed by atoms with Crippen LogP contribution in [0.25, 0.3) is 23.1 Å². The molecule has 0 aliphatic carbocycles. The second-order valence-electron chi connectivity index (χ2n) is 8.99. The maximum absolute atomic E-state index is 12.4. The molecule has 1 saturated heterocycles. The summed E-state index contributed by atoms with van der Waals surface area (Å²) in [4.78, 5) is 18.2. The summed E-state index contributed by atoms with van der Waals surface area (Å²) >= 11 is 1.39. The van der Waals surface area contributed by atoms with Gasteiger partial charge < -0.3 is 30.5 Å². The van der Waals surface area contributed by atoms with Crippen molar-refractivity contribution in [2.45, 2.75) is 40.4 Å². The Morgan fingerprint density at radius 3 is 2.59 bits per heavy atom. The minimum Gasteiger partial charge on any atom is -0.394 e. The number of ether oxygens (including phenoxy) is 1. The molecule has 1 aliphatic heterocycles. The molecule has 202 valence electrons. The molecular weight excluding hydrogens is 520 g/mol. The van der Waals surface area contributed by atoms with Gasteiger partial charge >= 0.3 is 0 Å². The van der Waals surface area contributed by atoms with E-state index >= 15 is 0 Å². The predicted molar refractivity (Wildman–Crippen MR) is 146 cm³/mol. The van der Waals surface area contributed by atoms with Crippen LogP contribution in [0, 0.1) is 0 Å². The average molecular weight is 549 g/mol. The van der Waals surface area contributed by atoms with Crippen LogP contribution in [0.3, 0.4) is 0 Å². The highest BCUT2D eigenvalue weighted by Gasteiger charge is 2.45. The van der Waals surface area contributed by atoms with E-state index in [1.165, 1.54) is 16.4 Å². The molecular formula is C28H28N4O6S. The highest BCUT2D eigenvalue weighted by atomic mass is 32.2. The Labute approximate surface area is 228 Å². The molecule has 2 aromatic heterocycles. The molecule has 0 spiro atoms. The zero-order valence-corrected chi connectivity index (χ0v) is 21.8. The van der Waals surface area contributed by atoms with Crippen LogP contribution in [-0.4, -0.2) is 79.2 Å². The number of aliphatic hydroxyl groups excluding tert-OH is 4.